The highest BCUT2D eigenvalue weighted by molar-refractivity contribution is 7.80. The molecule has 1 aliphatic rings. The van der Waals surface area contributed by atoms with E-state index in [1.54, 1.807) is 11.9 Å². The van der Waals surface area contributed by atoms with Gasteiger partial charge in [-0.3, -0.25) is 9.69 Å². The second-order valence-electron chi connectivity index (χ2n) is 4.18. The zero-order valence-corrected chi connectivity index (χ0v) is 10.2. The third-order valence-corrected chi connectivity index (χ3v) is 2.88. The molecule has 0 heterocycles. The van der Waals surface area contributed by atoms with E-state index in [4.69, 9.17) is 18.0 Å². The minimum atomic E-state index is 0.139. The average molecular weight is 229 g/mol. The van der Waals surface area contributed by atoms with Gasteiger partial charge >= 0.3 is 0 Å². The largest absolute Gasteiger partial charge is 0.393 e. The lowest BCUT2D eigenvalue weighted by atomic mass is 10.3. The van der Waals surface area contributed by atoms with Gasteiger partial charge < -0.3 is 10.6 Å². The van der Waals surface area contributed by atoms with Crippen LogP contribution in [0, 0.1) is 0 Å². The molecular formula is C10H19N3OS. The number of carbonyl (C=O) groups is 1. The Morgan fingerprint density at radius 2 is 2.07 bits per heavy atom. The molecule has 0 bridgehead atoms. The Hall–Kier alpha value is -0.680. The molecule has 1 fully saturated rings. The molecule has 15 heavy (non-hydrogen) atoms. The lowest BCUT2D eigenvalue weighted by Gasteiger charge is -2.21. The number of thiocarbonyl (C=S) groups is 1. The van der Waals surface area contributed by atoms with Crippen molar-refractivity contribution in [2.75, 3.05) is 27.2 Å². The van der Waals surface area contributed by atoms with Gasteiger partial charge in [-0.15, -0.1) is 0 Å². The first kappa shape index (κ1) is 12.4. The van der Waals surface area contributed by atoms with Gasteiger partial charge in [0, 0.05) is 26.1 Å². The Balaban J connectivity index is 2.22. The van der Waals surface area contributed by atoms with Crippen LogP contribution < -0.4 is 5.73 Å². The fourth-order valence-electron chi connectivity index (χ4n) is 1.38. The molecule has 0 aromatic rings. The quantitative estimate of drug-likeness (QED) is 0.662. The molecule has 4 nitrogen and oxygen atoms in total. The van der Waals surface area contributed by atoms with Gasteiger partial charge in [0.15, 0.2) is 0 Å². The summed E-state index contributed by atoms with van der Waals surface area (Å²) < 4.78 is 0. The molecular weight excluding hydrogens is 210 g/mol. The molecule has 1 rings (SSSR count). The highest BCUT2D eigenvalue weighted by Crippen LogP contribution is 2.24. The van der Waals surface area contributed by atoms with Gasteiger partial charge in [0.2, 0.25) is 5.91 Å². The number of amides is 1. The van der Waals surface area contributed by atoms with Gasteiger partial charge in [0.1, 0.15) is 0 Å². The minimum Gasteiger partial charge on any atom is -0.393 e. The Morgan fingerprint density at radius 1 is 1.47 bits per heavy atom. The van der Waals surface area contributed by atoms with Crippen LogP contribution in [0.4, 0.5) is 0 Å². The van der Waals surface area contributed by atoms with Crippen molar-refractivity contribution < 1.29 is 4.79 Å². The molecule has 0 atom stereocenters. The van der Waals surface area contributed by atoms with Gasteiger partial charge in [-0.05, 0) is 19.9 Å². The molecule has 5 heteroatoms. The van der Waals surface area contributed by atoms with Gasteiger partial charge in [-0.2, -0.15) is 0 Å². The topological polar surface area (TPSA) is 49.6 Å². The monoisotopic (exact) mass is 229 g/mol. The van der Waals surface area contributed by atoms with E-state index < -0.39 is 0 Å². The summed E-state index contributed by atoms with van der Waals surface area (Å²) >= 11 is 4.77. The van der Waals surface area contributed by atoms with Gasteiger partial charge in [-0.25, -0.2) is 0 Å². The van der Waals surface area contributed by atoms with E-state index in [9.17, 15) is 4.79 Å². The summed E-state index contributed by atoms with van der Waals surface area (Å²) in [6.45, 7) is 1.12. The van der Waals surface area contributed by atoms with Crippen LogP contribution in [0.15, 0.2) is 0 Å². The van der Waals surface area contributed by atoms with Crippen LogP contribution in [-0.2, 0) is 4.79 Å². The number of nitrogens with zero attached hydrogens (tertiary/aromatic N) is 2. The van der Waals surface area contributed by atoms with Gasteiger partial charge in [-0.1, -0.05) is 12.2 Å². The standard InChI is InChI=1S/C10H19N3OS/c1-12(6-5-9(11)15)10(14)7-13(2)8-3-4-8/h8H,3-7H2,1-2H3,(H2,11,15). The summed E-state index contributed by atoms with van der Waals surface area (Å²) in [4.78, 5) is 16.0. The number of hydrogen-bond acceptors (Lipinski definition) is 3. The number of hydrogen-bond donors (Lipinski definition) is 1. The summed E-state index contributed by atoms with van der Waals surface area (Å²) in [5.41, 5.74) is 5.38. The highest BCUT2D eigenvalue weighted by Gasteiger charge is 2.27. The van der Waals surface area contributed by atoms with E-state index in [-0.39, 0.29) is 5.91 Å². The molecule has 86 valence electrons. The summed E-state index contributed by atoms with van der Waals surface area (Å²) in [6, 6.07) is 0.623. The molecule has 0 aromatic heterocycles. The van der Waals surface area contributed by atoms with E-state index in [1.807, 2.05) is 7.05 Å². The molecule has 1 aliphatic carbocycles. The number of carbonyl (C=O) groups excluding carboxylic acids is 1. The second kappa shape index (κ2) is 5.42. The lowest BCUT2D eigenvalue weighted by Crippen LogP contribution is -2.38. The predicted octanol–water partition coefficient (Wildman–Crippen LogP) is 0.215. The maximum absolute atomic E-state index is 11.7. The molecule has 1 saturated carbocycles. The fourth-order valence-corrected chi connectivity index (χ4v) is 1.47. The maximum Gasteiger partial charge on any atom is 0.236 e. The first-order valence-corrected chi connectivity index (χ1v) is 5.64. The van der Waals surface area contributed by atoms with Crippen molar-refractivity contribution in [3.63, 3.8) is 0 Å². The molecule has 0 radical (unpaired) electrons. The third-order valence-electron chi connectivity index (χ3n) is 2.67. The number of nitrogens with two attached hydrogens (primary N) is 1. The van der Waals surface area contributed by atoms with Crippen LogP contribution in [0.3, 0.4) is 0 Å². The Kier molecular flexibility index (Phi) is 4.47. The van der Waals surface area contributed by atoms with Crippen molar-refractivity contribution in [1.82, 2.24) is 9.80 Å². The first-order chi connectivity index (χ1) is 7.00. The molecule has 0 saturated heterocycles. The first-order valence-electron chi connectivity index (χ1n) is 5.23. The molecule has 1 amide bonds. The maximum atomic E-state index is 11.7. The number of likely N-dealkylation sites (N-methyl/N-ethyl adjacent to an activating group) is 2. The molecule has 0 aromatic carbocycles. The van der Waals surface area contributed by atoms with Crippen molar-refractivity contribution >= 4 is 23.1 Å². The average Bonchev–Trinajstić information content (AvgIpc) is 2.96. The van der Waals surface area contributed by atoms with Crippen LogP contribution in [-0.4, -0.2) is 53.9 Å². The number of rotatable bonds is 6. The van der Waals surface area contributed by atoms with Gasteiger partial charge in [0.05, 0.1) is 11.5 Å². The van der Waals surface area contributed by atoms with Crippen LogP contribution in [0.2, 0.25) is 0 Å². The Labute approximate surface area is 96.4 Å². The van der Waals surface area contributed by atoms with E-state index in [0.717, 1.165) is 0 Å². The Bertz CT molecular complexity index is 253. The van der Waals surface area contributed by atoms with Crippen LogP contribution in [0.1, 0.15) is 19.3 Å². The van der Waals surface area contributed by atoms with Crippen molar-refractivity contribution in [3.8, 4) is 0 Å². The predicted molar refractivity (Wildman–Crippen MR) is 64.7 cm³/mol. The minimum absolute atomic E-state index is 0.139. The summed E-state index contributed by atoms with van der Waals surface area (Å²) in [7, 11) is 3.79. The SMILES string of the molecule is CN(CCC(N)=S)C(=O)CN(C)C1CC1. The fraction of sp³-hybridized carbons (Fsp3) is 0.800. The van der Waals surface area contributed by atoms with E-state index in [0.29, 0.717) is 30.5 Å². The van der Waals surface area contributed by atoms with Crippen LogP contribution in [0.5, 0.6) is 0 Å². The van der Waals surface area contributed by atoms with Crippen molar-refractivity contribution in [3.05, 3.63) is 0 Å². The van der Waals surface area contributed by atoms with E-state index >= 15 is 0 Å². The Morgan fingerprint density at radius 3 is 2.53 bits per heavy atom. The second-order valence-corrected chi connectivity index (χ2v) is 4.70. The van der Waals surface area contributed by atoms with Crippen molar-refractivity contribution in [2.45, 2.75) is 25.3 Å². The zero-order chi connectivity index (χ0) is 11.4. The highest BCUT2D eigenvalue weighted by atomic mass is 32.1. The third kappa shape index (κ3) is 4.57. The van der Waals surface area contributed by atoms with Crippen molar-refractivity contribution in [1.29, 1.82) is 0 Å². The molecule has 0 aliphatic heterocycles. The van der Waals surface area contributed by atoms with Crippen LogP contribution in [0.25, 0.3) is 0 Å². The molecule has 0 spiro atoms. The lowest BCUT2D eigenvalue weighted by molar-refractivity contribution is -0.130. The summed E-state index contributed by atoms with van der Waals surface area (Å²) in [6.07, 6.45) is 3.05. The van der Waals surface area contributed by atoms with Crippen LogP contribution >= 0.6 is 12.2 Å². The molecule has 2 N–H and O–H groups in total. The smallest absolute Gasteiger partial charge is 0.236 e. The normalized spacial score (nSPS) is 15.4. The summed E-state index contributed by atoms with van der Waals surface area (Å²) in [5.74, 6) is 0.139. The van der Waals surface area contributed by atoms with E-state index in [2.05, 4.69) is 4.90 Å². The van der Waals surface area contributed by atoms with E-state index in [1.165, 1.54) is 12.8 Å². The molecule has 0 unspecified atom stereocenters. The zero-order valence-electron chi connectivity index (χ0n) is 9.40. The van der Waals surface area contributed by atoms with Crippen molar-refractivity contribution in [2.24, 2.45) is 5.73 Å². The summed E-state index contributed by atoms with van der Waals surface area (Å²) in [5, 5.41) is 0. The van der Waals surface area contributed by atoms with Gasteiger partial charge in [0.25, 0.3) is 0 Å².